The number of thioether (sulfide) groups is 1. The predicted molar refractivity (Wildman–Crippen MR) is 161 cm³/mol. The Kier molecular flexibility index (Phi) is 8.32. The van der Waals surface area contributed by atoms with Gasteiger partial charge in [0.1, 0.15) is 5.75 Å². The average molecular weight is 593 g/mol. The quantitative estimate of drug-likeness (QED) is 0.241. The number of ether oxygens (including phenoxy) is 2. The van der Waals surface area contributed by atoms with Crippen LogP contribution in [0, 0.1) is 5.92 Å². The van der Waals surface area contributed by atoms with Gasteiger partial charge in [0.2, 0.25) is 5.95 Å². The number of carbonyl (C=O) groups excluding carboxylic acids is 1. The van der Waals surface area contributed by atoms with E-state index in [2.05, 4.69) is 22.3 Å². The fraction of sp³-hybridized carbons (Fsp3) is 0.400. The van der Waals surface area contributed by atoms with Crippen LogP contribution in [0.2, 0.25) is 5.02 Å². The van der Waals surface area contributed by atoms with Crippen molar-refractivity contribution in [3.8, 4) is 16.9 Å². The molecule has 214 valence electrons. The number of anilines is 1. The highest BCUT2D eigenvalue weighted by atomic mass is 35.5. The number of hydrogen-bond acceptors (Lipinski definition) is 8. The number of nitrogens with one attached hydrogen (secondary N) is 1. The normalized spacial score (nSPS) is 15.7. The number of nitrogens with zero attached hydrogens (tertiary/aromatic N) is 5. The van der Waals surface area contributed by atoms with Gasteiger partial charge < -0.3 is 19.7 Å². The molecule has 11 heteroatoms. The first-order valence-electron chi connectivity index (χ1n) is 13.9. The number of rotatable bonds is 10. The minimum absolute atomic E-state index is 0.138. The van der Waals surface area contributed by atoms with Crippen molar-refractivity contribution in [1.29, 1.82) is 0 Å². The van der Waals surface area contributed by atoms with E-state index in [0.717, 1.165) is 73.8 Å². The van der Waals surface area contributed by atoms with Gasteiger partial charge in [0, 0.05) is 37.9 Å². The molecule has 2 fully saturated rings. The summed E-state index contributed by atoms with van der Waals surface area (Å²) >= 11 is 8.10. The molecule has 0 spiro atoms. The highest BCUT2D eigenvalue weighted by molar-refractivity contribution is 7.98. The van der Waals surface area contributed by atoms with Crippen LogP contribution in [0.15, 0.2) is 53.8 Å². The molecular formula is C30H33ClN6O3S. The van der Waals surface area contributed by atoms with Crippen LogP contribution in [0.3, 0.4) is 0 Å². The Balaban J connectivity index is 1.37. The minimum Gasteiger partial charge on any atom is -0.497 e. The highest BCUT2D eigenvalue weighted by Crippen LogP contribution is 2.32. The Morgan fingerprint density at radius 3 is 2.61 bits per heavy atom. The molecule has 0 unspecified atom stereocenters. The molecule has 2 aromatic carbocycles. The zero-order valence-electron chi connectivity index (χ0n) is 23.2. The van der Waals surface area contributed by atoms with E-state index in [4.69, 9.17) is 36.1 Å². The van der Waals surface area contributed by atoms with Crippen molar-refractivity contribution in [3.63, 3.8) is 0 Å². The van der Waals surface area contributed by atoms with Crippen LogP contribution in [-0.4, -0.2) is 64.7 Å². The molecule has 2 aromatic heterocycles. The molecule has 2 aliphatic rings. The molecule has 6 rings (SSSR count). The SMILES string of the molecule is COc1ccc(CN(CC2CCOCC2)c2nc(SC)nc3c(-c4ccc(C(=O)NC5CC5)c(Cl)c4)cnn23)cc1. The van der Waals surface area contributed by atoms with Crippen molar-refractivity contribution in [2.24, 2.45) is 5.92 Å². The van der Waals surface area contributed by atoms with Crippen molar-refractivity contribution in [2.45, 2.75) is 43.4 Å². The first-order chi connectivity index (χ1) is 20.0. The number of hydrogen-bond donors (Lipinski definition) is 1. The van der Waals surface area contributed by atoms with Gasteiger partial charge in [-0.15, -0.1) is 0 Å². The summed E-state index contributed by atoms with van der Waals surface area (Å²) in [5.74, 6) is 1.90. The lowest BCUT2D eigenvalue weighted by Gasteiger charge is -2.30. The number of carbonyl (C=O) groups is 1. The van der Waals surface area contributed by atoms with E-state index in [1.807, 2.05) is 35.0 Å². The number of halogens is 1. The Hall–Kier alpha value is -3.34. The summed E-state index contributed by atoms with van der Waals surface area (Å²) in [7, 11) is 1.67. The third-order valence-corrected chi connectivity index (χ3v) is 8.45. The average Bonchev–Trinajstić information content (AvgIpc) is 3.71. The van der Waals surface area contributed by atoms with Crippen LogP contribution in [0.4, 0.5) is 5.95 Å². The highest BCUT2D eigenvalue weighted by Gasteiger charge is 2.26. The fourth-order valence-electron chi connectivity index (χ4n) is 5.11. The van der Waals surface area contributed by atoms with Gasteiger partial charge in [-0.1, -0.05) is 41.6 Å². The summed E-state index contributed by atoms with van der Waals surface area (Å²) in [6, 6.07) is 13.9. The van der Waals surface area contributed by atoms with E-state index in [1.54, 1.807) is 19.4 Å². The first-order valence-corrected chi connectivity index (χ1v) is 15.5. The second kappa shape index (κ2) is 12.3. The lowest BCUT2D eigenvalue weighted by Crippen LogP contribution is -2.34. The molecular weight excluding hydrogens is 560 g/mol. The predicted octanol–water partition coefficient (Wildman–Crippen LogP) is 5.50. The molecule has 1 saturated heterocycles. The molecule has 4 aromatic rings. The van der Waals surface area contributed by atoms with Gasteiger partial charge in [0.05, 0.1) is 23.9 Å². The molecule has 1 aliphatic heterocycles. The van der Waals surface area contributed by atoms with Crippen molar-refractivity contribution < 1.29 is 14.3 Å². The molecule has 1 N–H and O–H groups in total. The van der Waals surface area contributed by atoms with E-state index in [-0.39, 0.29) is 11.9 Å². The van der Waals surface area contributed by atoms with Gasteiger partial charge in [0.25, 0.3) is 5.91 Å². The summed E-state index contributed by atoms with van der Waals surface area (Å²) in [6.45, 7) is 3.03. The molecule has 3 heterocycles. The van der Waals surface area contributed by atoms with Gasteiger partial charge in [-0.2, -0.15) is 14.6 Å². The largest absolute Gasteiger partial charge is 0.497 e. The molecule has 1 saturated carbocycles. The van der Waals surface area contributed by atoms with Crippen molar-refractivity contribution in [2.75, 3.05) is 38.0 Å². The maximum atomic E-state index is 12.6. The van der Waals surface area contributed by atoms with Gasteiger partial charge in [-0.3, -0.25) is 4.79 Å². The monoisotopic (exact) mass is 592 g/mol. The van der Waals surface area contributed by atoms with Crippen LogP contribution in [0.1, 0.15) is 41.6 Å². The van der Waals surface area contributed by atoms with Crippen LogP contribution in [0.25, 0.3) is 16.8 Å². The summed E-state index contributed by atoms with van der Waals surface area (Å²) in [6.07, 6.45) is 7.83. The topological polar surface area (TPSA) is 93.9 Å². The standard InChI is InChI=1S/C30H33ClN6O3S/c1-39-23-8-3-19(4-9-23)17-36(18-20-11-13-40-14-12-20)30-35-29(41-2)34-27-25(16-32-37(27)30)21-5-10-24(26(31)15-21)28(38)33-22-6-7-22/h3-5,8-10,15-16,20,22H,6-7,11-14,17-18H2,1-2H3,(H,33,38). The summed E-state index contributed by atoms with van der Waals surface area (Å²) in [5.41, 5.74) is 3.99. The zero-order chi connectivity index (χ0) is 28.3. The molecule has 1 aliphatic carbocycles. The molecule has 9 nitrogen and oxygen atoms in total. The maximum absolute atomic E-state index is 12.6. The Labute approximate surface area is 248 Å². The van der Waals surface area contributed by atoms with Gasteiger partial charge in [0.15, 0.2) is 10.8 Å². The number of amides is 1. The van der Waals surface area contributed by atoms with E-state index in [1.165, 1.54) is 11.8 Å². The Morgan fingerprint density at radius 2 is 1.93 bits per heavy atom. The molecule has 0 atom stereocenters. The zero-order valence-corrected chi connectivity index (χ0v) is 24.7. The third-order valence-electron chi connectivity index (χ3n) is 7.59. The Bertz CT molecular complexity index is 1540. The smallest absolute Gasteiger partial charge is 0.253 e. The van der Waals surface area contributed by atoms with Crippen LogP contribution in [-0.2, 0) is 11.3 Å². The number of methoxy groups -OCH3 is 1. The summed E-state index contributed by atoms with van der Waals surface area (Å²) in [5, 5.41) is 8.83. The van der Waals surface area contributed by atoms with E-state index < -0.39 is 0 Å². The van der Waals surface area contributed by atoms with Crippen molar-refractivity contribution >= 4 is 40.9 Å². The van der Waals surface area contributed by atoms with E-state index in [0.29, 0.717) is 33.9 Å². The van der Waals surface area contributed by atoms with Crippen molar-refractivity contribution in [3.05, 3.63) is 64.8 Å². The Morgan fingerprint density at radius 1 is 1.15 bits per heavy atom. The van der Waals surface area contributed by atoms with Gasteiger partial charge in [-0.05, 0) is 73.2 Å². The van der Waals surface area contributed by atoms with E-state index >= 15 is 0 Å². The van der Waals surface area contributed by atoms with E-state index in [9.17, 15) is 4.79 Å². The molecule has 0 radical (unpaired) electrons. The lowest BCUT2D eigenvalue weighted by molar-refractivity contribution is 0.0680. The first kappa shape index (κ1) is 27.8. The third kappa shape index (κ3) is 6.29. The lowest BCUT2D eigenvalue weighted by atomic mass is 9.99. The second-order valence-electron chi connectivity index (χ2n) is 10.5. The number of fused-ring (bicyclic) bond motifs is 1. The number of benzene rings is 2. The fourth-order valence-corrected chi connectivity index (χ4v) is 5.73. The summed E-state index contributed by atoms with van der Waals surface area (Å²) < 4.78 is 12.8. The van der Waals surface area contributed by atoms with Crippen molar-refractivity contribution in [1.82, 2.24) is 24.9 Å². The van der Waals surface area contributed by atoms with Gasteiger partial charge >= 0.3 is 0 Å². The number of aromatic nitrogens is 4. The molecule has 0 bridgehead atoms. The minimum atomic E-state index is -0.138. The van der Waals surface area contributed by atoms with Crippen LogP contribution >= 0.6 is 23.4 Å². The second-order valence-corrected chi connectivity index (χ2v) is 11.7. The summed E-state index contributed by atoms with van der Waals surface area (Å²) in [4.78, 5) is 24.7. The van der Waals surface area contributed by atoms with Crippen LogP contribution in [0.5, 0.6) is 5.75 Å². The van der Waals surface area contributed by atoms with Crippen LogP contribution < -0.4 is 15.0 Å². The molecule has 41 heavy (non-hydrogen) atoms. The van der Waals surface area contributed by atoms with Gasteiger partial charge in [-0.25, -0.2) is 4.98 Å². The molecule has 1 amide bonds. The maximum Gasteiger partial charge on any atom is 0.253 e.